The first-order valence-corrected chi connectivity index (χ1v) is 6.67. The van der Waals surface area contributed by atoms with Gasteiger partial charge in [0.15, 0.2) is 0 Å². The molecule has 3 nitrogen and oxygen atoms in total. The summed E-state index contributed by atoms with van der Waals surface area (Å²) in [5.41, 5.74) is 0. The third-order valence-corrected chi connectivity index (χ3v) is 3.65. The smallest absolute Gasteiger partial charge is 0.232 e. The Morgan fingerprint density at radius 2 is 2.06 bits per heavy atom. The molecule has 1 fully saturated rings. The van der Waals surface area contributed by atoms with Crippen molar-refractivity contribution in [3.8, 4) is 5.88 Å². The van der Waals surface area contributed by atoms with Crippen molar-refractivity contribution in [2.24, 2.45) is 5.92 Å². The van der Waals surface area contributed by atoms with Gasteiger partial charge in [0, 0.05) is 6.20 Å². The Morgan fingerprint density at radius 3 is 2.75 bits per heavy atom. The Kier molecular flexibility index (Phi) is 4.03. The summed E-state index contributed by atoms with van der Waals surface area (Å²) in [7, 11) is 0. The SMILES string of the molecule is CC1CCC(Oc2nc(Cl)ncc2Br)CC1. The molecule has 0 saturated heterocycles. The maximum absolute atomic E-state index is 5.83. The standard InChI is InChI=1S/C11H14BrClN2O/c1-7-2-4-8(5-3-7)16-10-9(12)6-14-11(13)15-10/h6-8H,2-5H2,1H3. The number of rotatable bonds is 2. The molecule has 1 aromatic heterocycles. The first-order valence-electron chi connectivity index (χ1n) is 5.50. The van der Waals surface area contributed by atoms with Crippen molar-refractivity contribution in [1.29, 1.82) is 0 Å². The van der Waals surface area contributed by atoms with Crippen LogP contribution in [-0.4, -0.2) is 16.1 Å². The molecule has 1 aromatic rings. The van der Waals surface area contributed by atoms with Gasteiger partial charge in [-0.3, -0.25) is 0 Å². The topological polar surface area (TPSA) is 35.0 Å². The van der Waals surface area contributed by atoms with Gasteiger partial charge < -0.3 is 4.74 Å². The summed E-state index contributed by atoms with van der Waals surface area (Å²) in [5.74, 6) is 1.37. The average Bonchev–Trinajstić information content (AvgIpc) is 2.27. The maximum atomic E-state index is 5.83. The highest BCUT2D eigenvalue weighted by atomic mass is 79.9. The zero-order chi connectivity index (χ0) is 11.5. The van der Waals surface area contributed by atoms with Gasteiger partial charge in [0.05, 0.1) is 4.47 Å². The summed E-state index contributed by atoms with van der Waals surface area (Å²) in [5, 5.41) is 0.224. The van der Waals surface area contributed by atoms with Crippen LogP contribution in [-0.2, 0) is 0 Å². The van der Waals surface area contributed by atoms with Gasteiger partial charge in [0.25, 0.3) is 0 Å². The minimum absolute atomic E-state index is 0.224. The van der Waals surface area contributed by atoms with Crippen LogP contribution in [0.1, 0.15) is 32.6 Å². The summed E-state index contributed by atoms with van der Waals surface area (Å²) >= 11 is 9.10. The third-order valence-electron chi connectivity index (χ3n) is 2.92. The van der Waals surface area contributed by atoms with Gasteiger partial charge in [-0.1, -0.05) is 6.92 Å². The largest absolute Gasteiger partial charge is 0.473 e. The van der Waals surface area contributed by atoms with Crippen LogP contribution in [0.2, 0.25) is 5.28 Å². The van der Waals surface area contributed by atoms with Crippen LogP contribution in [0.3, 0.4) is 0 Å². The van der Waals surface area contributed by atoms with E-state index in [2.05, 4.69) is 32.8 Å². The fraction of sp³-hybridized carbons (Fsp3) is 0.636. The highest BCUT2D eigenvalue weighted by molar-refractivity contribution is 9.10. The molecule has 0 bridgehead atoms. The van der Waals surface area contributed by atoms with Crippen LogP contribution in [0.15, 0.2) is 10.7 Å². The van der Waals surface area contributed by atoms with E-state index < -0.39 is 0 Å². The molecule has 2 rings (SSSR count). The van der Waals surface area contributed by atoms with E-state index in [9.17, 15) is 0 Å². The molecule has 0 atom stereocenters. The lowest BCUT2D eigenvalue weighted by Gasteiger charge is -2.26. The van der Waals surface area contributed by atoms with Crippen LogP contribution < -0.4 is 4.74 Å². The molecule has 5 heteroatoms. The maximum Gasteiger partial charge on any atom is 0.232 e. The first-order chi connectivity index (χ1) is 7.65. The second-order valence-electron chi connectivity index (χ2n) is 4.29. The van der Waals surface area contributed by atoms with E-state index in [-0.39, 0.29) is 11.4 Å². The second kappa shape index (κ2) is 5.32. The van der Waals surface area contributed by atoms with Gasteiger partial charge in [0.2, 0.25) is 11.2 Å². The lowest BCUT2D eigenvalue weighted by atomic mass is 9.89. The van der Waals surface area contributed by atoms with Crippen LogP contribution in [0, 0.1) is 5.92 Å². The Balaban J connectivity index is 2.00. The number of nitrogens with zero attached hydrogens (tertiary/aromatic N) is 2. The normalized spacial score (nSPS) is 25.4. The van der Waals surface area contributed by atoms with E-state index in [0.29, 0.717) is 5.88 Å². The molecule has 1 heterocycles. The van der Waals surface area contributed by atoms with E-state index >= 15 is 0 Å². The monoisotopic (exact) mass is 304 g/mol. The van der Waals surface area contributed by atoms with Gasteiger partial charge in [-0.25, -0.2) is 4.98 Å². The summed E-state index contributed by atoms with van der Waals surface area (Å²) in [4.78, 5) is 7.94. The zero-order valence-electron chi connectivity index (χ0n) is 9.12. The highest BCUT2D eigenvalue weighted by Crippen LogP contribution is 2.29. The van der Waals surface area contributed by atoms with Crippen molar-refractivity contribution in [2.45, 2.75) is 38.7 Å². The van der Waals surface area contributed by atoms with E-state index in [1.807, 2.05) is 0 Å². The quantitative estimate of drug-likeness (QED) is 0.778. The highest BCUT2D eigenvalue weighted by Gasteiger charge is 2.21. The summed E-state index contributed by atoms with van der Waals surface area (Å²) in [6.45, 7) is 2.29. The number of hydrogen-bond donors (Lipinski definition) is 0. The molecular formula is C11H14BrClN2O. The van der Waals surface area contributed by atoms with Crippen LogP contribution in [0.4, 0.5) is 0 Å². The second-order valence-corrected chi connectivity index (χ2v) is 5.48. The van der Waals surface area contributed by atoms with Gasteiger partial charge in [-0.2, -0.15) is 4.98 Å². The van der Waals surface area contributed by atoms with Crippen molar-refractivity contribution >= 4 is 27.5 Å². The fourth-order valence-electron chi connectivity index (χ4n) is 1.92. The Hall–Kier alpha value is -0.350. The summed E-state index contributed by atoms with van der Waals surface area (Å²) in [6, 6.07) is 0. The molecule has 0 radical (unpaired) electrons. The van der Waals surface area contributed by atoms with Crippen molar-refractivity contribution in [2.75, 3.05) is 0 Å². The third kappa shape index (κ3) is 3.08. The zero-order valence-corrected chi connectivity index (χ0v) is 11.5. The molecule has 1 saturated carbocycles. The van der Waals surface area contributed by atoms with Crippen molar-refractivity contribution in [3.05, 3.63) is 16.0 Å². The van der Waals surface area contributed by atoms with Crippen LogP contribution in [0.25, 0.3) is 0 Å². The molecule has 0 aromatic carbocycles. The predicted molar refractivity (Wildman–Crippen MR) is 66.8 cm³/mol. The molecule has 0 spiro atoms. The summed E-state index contributed by atoms with van der Waals surface area (Å²) < 4.78 is 6.59. The first kappa shape index (κ1) is 12.1. The van der Waals surface area contributed by atoms with Gasteiger partial charge >= 0.3 is 0 Å². The molecule has 0 unspecified atom stereocenters. The molecule has 16 heavy (non-hydrogen) atoms. The van der Waals surface area contributed by atoms with Crippen LogP contribution in [0.5, 0.6) is 5.88 Å². The number of aromatic nitrogens is 2. The molecule has 0 aliphatic heterocycles. The van der Waals surface area contributed by atoms with Crippen LogP contribution >= 0.6 is 27.5 Å². The fourth-order valence-corrected chi connectivity index (χ4v) is 2.33. The number of ether oxygens (including phenoxy) is 1. The molecule has 0 amide bonds. The minimum atomic E-state index is 0.224. The average molecular weight is 306 g/mol. The van der Waals surface area contributed by atoms with Gasteiger partial charge in [-0.05, 0) is 59.1 Å². The molecule has 88 valence electrons. The lowest BCUT2D eigenvalue weighted by molar-refractivity contribution is 0.129. The van der Waals surface area contributed by atoms with E-state index in [4.69, 9.17) is 16.3 Å². The van der Waals surface area contributed by atoms with Crippen molar-refractivity contribution < 1.29 is 4.74 Å². The Labute approximate surface area is 109 Å². The van der Waals surface area contributed by atoms with E-state index in [1.54, 1.807) is 6.20 Å². The lowest BCUT2D eigenvalue weighted by Crippen LogP contribution is -2.23. The minimum Gasteiger partial charge on any atom is -0.473 e. The number of hydrogen-bond acceptors (Lipinski definition) is 3. The van der Waals surface area contributed by atoms with Gasteiger partial charge in [0.1, 0.15) is 6.10 Å². The van der Waals surface area contributed by atoms with Crippen molar-refractivity contribution in [1.82, 2.24) is 9.97 Å². The van der Waals surface area contributed by atoms with E-state index in [1.165, 1.54) is 12.8 Å². The Morgan fingerprint density at radius 1 is 1.38 bits per heavy atom. The number of halogens is 2. The molecule has 1 aliphatic carbocycles. The van der Waals surface area contributed by atoms with Crippen molar-refractivity contribution in [3.63, 3.8) is 0 Å². The Bertz CT molecular complexity index is 367. The van der Waals surface area contributed by atoms with E-state index in [0.717, 1.165) is 23.2 Å². The molecule has 0 N–H and O–H groups in total. The van der Waals surface area contributed by atoms with Gasteiger partial charge in [-0.15, -0.1) is 0 Å². The predicted octanol–water partition coefficient (Wildman–Crippen LogP) is 3.85. The molecular weight excluding hydrogens is 291 g/mol. The summed E-state index contributed by atoms with van der Waals surface area (Å²) in [6.07, 6.45) is 6.52. The molecule has 1 aliphatic rings.